The minimum Gasteiger partial charge on any atom is -0.335 e. The molecule has 130 valence electrons. The third-order valence-electron chi connectivity index (χ3n) is 5.87. The number of nitrogens with zero attached hydrogens (tertiary/aromatic N) is 2. The highest BCUT2D eigenvalue weighted by Gasteiger charge is 2.42. The van der Waals surface area contributed by atoms with E-state index in [4.69, 9.17) is 0 Å². The van der Waals surface area contributed by atoms with Crippen molar-refractivity contribution in [3.63, 3.8) is 0 Å². The molecule has 1 aliphatic heterocycles. The molecule has 2 heterocycles. The zero-order valence-electron chi connectivity index (χ0n) is 14.3. The Balaban J connectivity index is 1.62. The molecule has 0 spiro atoms. The van der Waals surface area contributed by atoms with Crippen LogP contribution >= 0.6 is 0 Å². The molecule has 4 heteroatoms. The van der Waals surface area contributed by atoms with Gasteiger partial charge in [-0.1, -0.05) is 43.2 Å². The van der Waals surface area contributed by atoms with Crippen molar-refractivity contribution in [1.82, 2.24) is 9.88 Å². The Bertz CT molecular complexity index is 749. The molecule has 0 unspecified atom stereocenters. The molecule has 1 aromatic carbocycles. The summed E-state index contributed by atoms with van der Waals surface area (Å²) in [6.45, 7) is 0.696. The van der Waals surface area contributed by atoms with Gasteiger partial charge in [0.2, 0.25) is 0 Å². The van der Waals surface area contributed by atoms with Gasteiger partial charge in [-0.25, -0.2) is 4.39 Å². The van der Waals surface area contributed by atoms with E-state index >= 15 is 0 Å². The number of carbonyl (C=O) groups is 1. The maximum atomic E-state index is 14.1. The number of likely N-dealkylation sites (tertiary alicyclic amines) is 1. The van der Waals surface area contributed by atoms with Gasteiger partial charge in [-0.3, -0.25) is 9.78 Å². The van der Waals surface area contributed by atoms with Gasteiger partial charge in [-0.2, -0.15) is 0 Å². The number of rotatable bonds is 2. The van der Waals surface area contributed by atoms with Crippen molar-refractivity contribution < 1.29 is 9.18 Å². The number of pyridine rings is 1. The molecular weight excluding hydrogens is 315 g/mol. The highest BCUT2D eigenvalue weighted by Crippen LogP contribution is 2.44. The number of fused-ring (bicyclic) bond motifs is 1. The van der Waals surface area contributed by atoms with Crippen LogP contribution in [0, 0.1) is 11.7 Å². The van der Waals surface area contributed by atoms with E-state index in [9.17, 15) is 9.18 Å². The fourth-order valence-electron chi connectivity index (χ4n) is 4.72. The van der Waals surface area contributed by atoms with Gasteiger partial charge >= 0.3 is 0 Å². The Kier molecular flexibility index (Phi) is 4.51. The van der Waals surface area contributed by atoms with Crippen LogP contribution in [0.1, 0.15) is 53.9 Å². The highest BCUT2D eigenvalue weighted by molar-refractivity contribution is 5.94. The zero-order chi connectivity index (χ0) is 17.2. The molecule has 1 aliphatic carbocycles. The minimum atomic E-state index is -0.523. The summed E-state index contributed by atoms with van der Waals surface area (Å²) in [5.41, 5.74) is 1.53. The first-order chi connectivity index (χ1) is 12.3. The van der Waals surface area contributed by atoms with Gasteiger partial charge in [0.1, 0.15) is 0 Å². The topological polar surface area (TPSA) is 33.2 Å². The van der Waals surface area contributed by atoms with E-state index < -0.39 is 5.82 Å². The van der Waals surface area contributed by atoms with Gasteiger partial charge < -0.3 is 4.90 Å². The summed E-state index contributed by atoms with van der Waals surface area (Å²) in [7, 11) is 0. The van der Waals surface area contributed by atoms with Crippen molar-refractivity contribution in [3.05, 3.63) is 65.7 Å². The summed E-state index contributed by atoms with van der Waals surface area (Å²) in [6, 6.07) is 12.4. The molecular formula is C21H23FN2O. The van der Waals surface area contributed by atoms with E-state index in [2.05, 4.69) is 29.2 Å². The zero-order valence-corrected chi connectivity index (χ0v) is 14.3. The monoisotopic (exact) mass is 338 g/mol. The van der Waals surface area contributed by atoms with Crippen molar-refractivity contribution in [1.29, 1.82) is 0 Å². The van der Waals surface area contributed by atoms with Crippen LogP contribution in [0.5, 0.6) is 0 Å². The first kappa shape index (κ1) is 16.2. The van der Waals surface area contributed by atoms with Crippen molar-refractivity contribution >= 4 is 5.91 Å². The number of benzene rings is 1. The van der Waals surface area contributed by atoms with Gasteiger partial charge in [-0.15, -0.1) is 0 Å². The van der Waals surface area contributed by atoms with Crippen molar-refractivity contribution in [2.75, 3.05) is 6.54 Å². The number of halogens is 1. The average Bonchev–Trinajstić information content (AvgIpc) is 2.68. The van der Waals surface area contributed by atoms with Crippen LogP contribution in [0.2, 0.25) is 0 Å². The molecule has 3 nitrogen and oxygen atoms in total. The molecule has 0 N–H and O–H groups in total. The predicted molar refractivity (Wildman–Crippen MR) is 94.8 cm³/mol. The van der Waals surface area contributed by atoms with E-state index in [1.54, 1.807) is 0 Å². The Morgan fingerprint density at radius 2 is 1.88 bits per heavy atom. The van der Waals surface area contributed by atoms with Crippen molar-refractivity contribution in [2.24, 2.45) is 5.92 Å². The van der Waals surface area contributed by atoms with E-state index in [-0.39, 0.29) is 17.5 Å². The molecule has 3 atom stereocenters. The smallest absolute Gasteiger partial charge is 0.257 e. The summed E-state index contributed by atoms with van der Waals surface area (Å²) in [6.07, 6.45) is 8.10. The average molecular weight is 338 g/mol. The molecule has 1 saturated carbocycles. The van der Waals surface area contributed by atoms with Gasteiger partial charge in [0.15, 0.2) is 5.82 Å². The minimum absolute atomic E-state index is 0.150. The van der Waals surface area contributed by atoms with Gasteiger partial charge in [0.05, 0.1) is 11.8 Å². The second kappa shape index (κ2) is 6.95. The molecule has 4 rings (SSSR count). The number of piperidine rings is 1. The summed E-state index contributed by atoms with van der Waals surface area (Å²) in [5.74, 6) is 0.268. The SMILES string of the molecule is O=C(c1ccncc1F)N1CC[C@H](c2ccccc2)[C@H]2CCCC[C@H]21. The second-order valence-corrected chi connectivity index (χ2v) is 7.18. The number of carbonyl (C=O) groups excluding carboxylic acids is 1. The third-order valence-corrected chi connectivity index (χ3v) is 5.87. The van der Waals surface area contributed by atoms with Crippen LogP contribution in [-0.4, -0.2) is 28.4 Å². The molecule has 2 fully saturated rings. The Hall–Kier alpha value is -2.23. The number of hydrogen-bond acceptors (Lipinski definition) is 2. The van der Waals surface area contributed by atoms with E-state index in [0.717, 1.165) is 31.9 Å². The Morgan fingerprint density at radius 1 is 1.08 bits per heavy atom. The molecule has 1 saturated heterocycles. The number of aromatic nitrogens is 1. The maximum Gasteiger partial charge on any atom is 0.257 e. The van der Waals surface area contributed by atoms with Crippen LogP contribution < -0.4 is 0 Å². The molecule has 25 heavy (non-hydrogen) atoms. The van der Waals surface area contributed by atoms with Gasteiger partial charge in [0.25, 0.3) is 5.91 Å². The van der Waals surface area contributed by atoms with Crippen molar-refractivity contribution in [2.45, 2.75) is 44.1 Å². The predicted octanol–water partition coefficient (Wildman–Crippen LogP) is 4.41. The second-order valence-electron chi connectivity index (χ2n) is 7.18. The molecule has 0 radical (unpaired) electrons. The molecule has 0 bridgehead atoms. The Morgan fingerprint density at radius 3 is 2.68 bits per heavy atom. The number of hydrogen-bond donors (Lipinski definition) is 0. The lowest BCUT2D eigenvalue weighted by Crippen LogP contribution is -2.52. The van der Waals surface area contributed by atoms with Gasteiger partial charge in [-0.05, 0) is 42.7 Å². The highest BCUT2D eigenvalue weighted by atomic mass is 19.1. The fourth-order valence-corrected chi connectivity index (χ4v) is 4.72. The Labute approximate surface area is 147 Å². The van der Waals surface area contributed by atoms with Crippen LogP contribution in [0.3, 0.4) is 0 Å². The van der Waals surface area contributed by atoms with Crippen molar-refractivity contribution in [3.8, 4) is 0 Å². The summed E-state index contributed by atoms with van der Waals surface area (Å²) in [4.78, 5) is 18.7. The quantitative estimate of drug-likeness (QED) is 0.813. The van der Waals surface area contributed by atoms with Gasteiger partial charge in [0, 0.05) is 18.8 Å². The lowest BCUT2D eigenvalue weighted by atomic mass is 9.69. The molecule has 1 aromatic heterocycles. The maximum absolute atomic E-state index is 14.1. The first-order valence-corrected chi connectivity index (χ1v) is 9.21. The van der Waals surface area contributed by atoms with Crippen LogP contribution in [0.15, 0.2) is 48.8 Å². The molecule has 2 aliphatic rings. The standard InChI is InChI=1S/C21H23FN2O/c22-19-14-23-12-10-18(19)21(25)24-13-11-16(15-6-2-1-3-7-15)17-8-4-5-9-20(17)24/h1-3,6-7,10,12,14,16-17,20H,4-5,8-9,11,13H2/t16-,17-,20-/m1/s1. The first-order valence-electron chi connectivity index (χ1n) is 9.21. The van der Waals surface area contributed by atoms with E-state index in [1.165, 1.54) is 24.2 Å². The lowest BCUT2D eigenvalue weighted by molar-refractivity contribution is 0.0315. The molecule has 2 aromatic rings. The van der Waals surface area contributed by atoms with Crippen LogP contribution in [-0.2, 0) is 0 Å². The normalized spacial score (nSPS) is 26.1. The molecule has 1 amide bonds. The van der Waals surface area contributed by atoms with Crippen LogP contribution in [0.4, 0.5) is 4.39 Å². The summed E-state index contributed by atoms with van der Waals surface area (Å²) >= 11 is 0. The summed E-state index contributed by atoms with van der Waals surface area (Å²) in [5, 5.41) is 0. The van der Waals surface area contributed by atoms with Crippen LogP contribution in [0.25, 0.3) is 0 Å². The van der Waals surface area contributed by atoms with E-state index in [0.29, 0.717) is 18.4 Å². The third kappa shape index (κ3) is 3.06. The fraction of sp³-hybridized carbons (Fsp3) is 0.429. The van der Waals surface area contributed by atoms with E-state index in [1.807, 2.05) is 11.0 Å². The summed E-state index contributed by atoms with van der Waals surface area (Å²) < 4.78 is 14.1. The number of amides is 1. The largest absolute Gasteiger partial charge is 0.335 e. The lowest BCUT2D eigenvalue weighted by Gasteiger charge is -2.48.